The third kappa shape index (κ3) is 7.07. The molecule has 0 unspecified atom stereocenters. The minimum atomic E-state index is 0. The van der Waals surface area contributed by atoms with E-state index in [4.69, 9.17) is 0 Å². The first-order valence-corrected chi connectivity index (χ1v) is 8.39. The van der Waals surface area contributed by atoms with Crippen LogP contribution in [0.15, 0.2) is 24.3 Å². The standard InChI is InChI=1S/C20H22O2.Ca.2ClH.2K/c21-17-11-9-13-5-1-3-7-15(13)19(17)20-16-8-4-2-6-14(16)10-12-18(20)22;;;;;/h9-12,21-22H,1-8H2;;2*1H;;/q;+2;;;2*+1/p-4. The zero-order valence-corrected chi connectivity index (χ0v) is 26.2. The summed E-state index contributed by atoms with van der Waals surface area (Å²) < 4.78 is 0. The monoisotopic (exact) mass is 480 g/mol. The van der Waals surface area contributed by atoms with Crippen LogP contribution in [0.2, 0.25) is 0 Å². The zero-order chi connectivity index (χ0) is 15.1. The largest absolute Gasteiger partial charge is 2.00 e. The molecule has 130 valence electrons. The first-order valence-electron chi connectivity index (χ1n) is 8.39. The van der Waals surface area contributed by atoms with E-state index in [-0.39, 0.29) is 177 Å². The predicted molar refractivity (Wildman–Crippen MR) is 89.8 cm³/mol. The molecular weight excluding hydrogens is 461 g/mol. The third-order valence-corrected chi connectivity index (χ3v) is 5.24. The molecule has 0 aliphatic heterocycles. The van der Waals surface area contributed by atoms with Crippen molar-refractivity contribution < 1.29 is 138 Å². The molecule has 2 aromatic rings. The van der Waals surface area contributed by atoms with E-state index in [9.17, 15) is 10.2 Å². The van der Waals surface area contributed by atoms with Gasteiger partial charge in [0.2, 0.25) is 0 Å². The Hall–Kier alpha value is 3.15. The van der Waals surface area contributed by atoms with Crippen molar-refractivity contribution in [1.82, 2.24) is 0 Å². The fourth-order valence-electron chi connectivity index (χ4n) is 4.16. The summed E-state index contributed by atoms with van der Waals surface area (Å²) in [4.78, 5) is 0. The molecule has 0 spiro atoms. The molecule has 0 heterocycles. The van der Waals surface area contributed by atoms with E-state index in [2.05, 4.69) is 0 Å². The first-order chi connectivity index (χ1) is 10.8. The van der Waals surface area contributed by atoms with Gasteiger partial charge in [-0.25, -0.2) is 0 Å². The van der Waals surface area contributed by atoms with Gasteiger partial charge in [-0.15, -0.1) is 11.5 Å². The summed E-state index contributed by atoms with van der Waals surface area (Å²) in [5, 5.41) is 25.2. The van der Waals surface area contributed by atoms with Crippen LogP contribution in [0, 0.1) is 0 Å². The SMILES string of the molecule is [Ca+2].[Cl-].[Cl-].[K+].[K+].[O-]c1ccc2c(c1-c1c([O-])ccc3c1CCCC3)CCCC2. The number of aryl methyl sites for hydroxylation is 2. The molecule has 2 nitrogen and oxygen atoms in total. The summed E-state index contributed by atoms with van der Waals surface area (Å²) in [6.45, 7) is 0. The van der Waals surface area contributed by atoms with Crippen LogP contribution in [0.25, 0.3) is 11.1 Å². The van der Waals surface area contributed by atoms with E-state index < -0.39 is 0 Å². The van der Waals surface area contributed by atoms with E-state index >= 15 is 0 Å². The summed E-state index contributed by atoms with van der Waals surface area (Å²) in [5.41, 5.74) is 6.29. The van der Waals surface area contributed by atoms with Gasteiger partial charge >= 0.3 is 141 Å². The van der Waals surface area contributed by atoms with Crippen molar-refractivity contribution in [2.45, 2.75) is 51.4 Å². The normalized spacial score (nSPS) is 13.8. The fraction of sp³-hybridized carbons (Fsp3) is 0.400. The van der Waals surface area contributed by atoms with Gasteiger partial charge in [-0.05, 0) is 84.7 Å². The fourth-order valence-corrected chi connectivity index (χ4v) is 4.16. The Morgan fingerprint density at radius 1 is 0.556 bits per heavy atom. The van der Waals surface area contributed by atoms with Crippen molar-refractivity contribution in [2.24, 2.45) is 0 Å². The molecule has 0 fully saturated rings. The number of hydrogen-bond acceptors (Lipinski definition) is 2. The zero-order valence-electron chi connectivity index (χ0n) is 16.2. The van der Waals surface area contributed by atoms with Gasteiger partial charge in [0.1, 0.15) is 0 Å². The Morgan fingerprint density at radius 2 is 0.889 bits per heavy atom. The molecule has 2 aliphatic rings. The van der Waals surface area contributed by atoms with Crippen LogP contribution < -0.4 is 138 Å². The van der Waals surface area contributed by atoms with Gasteiger partial charge in [-0.3, -0.25) is 0 Å². The van der Waals surface area contributed by atoms with Crippen LogP contribution in [0.1, 0.15) is 47.9 Å². The smallest absolute Gasteiger partial charge is 1.00 e. The maximum Gasteiger partial charge on any atom is 2.00 e. The van der Waals surface area contributed by atoms with Gasteiger partial charge in [0.05, 0.1) is 0 Å². The second-order valence-electron chi connectivity index (χ2n) is 6.57. The molecule has 0 radical (unpaired) electrons. The average Bonchev–Trinajstić information content (AvgIpc) is 2.56. The van der Waals surface area contributed by atoms with Crippen LogP contribution in [0.5, 0.6) is 11.5 Å². The molecular formula is C20H20CaCl2K2O2. The summed E-state index contributed by atoms with van der Waals surface area (Å²) >= 11 is 0. The summed E-state index contributed by atoms with van der Waals surface area (Å²) in [7, 11) is 0. The molecule has 27 heavy (non-hydrogen) atoms. The predicted octanol–water partition coefficient (Wildman–Crippen LogP) is -9.11. The van der Waals surface area contributed by atoms with Crippen molar-refractivity contribution in [3.8, 4) is 22.6 Å². The molecule has 0 atom stereocenters. The van der Waals surface area contributed by atoms with Crippen LogP contribution in [0.4, 0.5) is 0 Å². The van der Waals surface area contributed by atoms with Crippen LogP contribution >= 0.6 is 0 Å². The van der Waals surface area contributed by atoms with E-state index in [0.29, 0.717) is 0 Å². The number of hydrogen-bond donors (Lipinski definition) is 0. The maximum atomic E-state index is 12.6. The van der Waals surface area contributed by atoms with Crippen LogP contribution in [-0.2, 0) is 25.7 Å². The van der Waals surface area contributed by atoms with E-state index in [1.165, 1.54) is 24.0 Å². The molecule has 0 saturated carbocycles. The van der Waals surface area contributed by atoms with Gasteiger partial charge in [-0.1, -0.05) is 24.3 Å². The Balaban J connectivity index is 0. The number of benzene rings is 2. The van der Waals surface area contributed by atoms with Crippen LogP contribution in [0.3, 0.4) is 0 Å². The van der Waals surface area contributed by atoms with Gasteiger partial charge in [-0.2, -0.15) is 0 Å². The minimum absolute atomic E-state index is 0. The van der Waals surface area contributed by atoms with Crippen molar-refractivity contribution >= 4 is 37.7 Å². The third-order valence-electron chi connectivity index (χ3n) is 5.24. The molecule has 0 saturated heterocycles. The molecule has 0 N–H and O–H groups in total. The number of fused-ring (bicyclic) bond motifs is 2. The second-order valence-corrected chi connectivity index (χ2v) is 6.57. The molecule has 2 aromatic carbocycles. The molecule has 4 rings (SSSR count). The van der Waals surface area contributed by atoms with Crippen LogP contribution in [-0.4, -0.2) is 37.7 Å². The van der Waals surface area contributed by atoms with Gasteiger partial charge in [0.15, 0.2) is 0 Å². The second kappa shape index (κ2) is 15.1. The van der Waals surface area contributed by atoms with E-state index in [0.717, 1.165) is 60.8 Å². The van der Waals surface area contributed by atoms with Gasteiger partial charge in [0.25, 0.3) is 0 Å². The van der Waals surface area contributed by atoms with Crippen molar-refractivity contribution in [3.05, 3.63) is 46.5 Å². The molecule has 2 aliphatic carbocycles. The first kappa shape index (κ1) is 32.3. The van der Waals surface area contributed by atoms with Crippen molar-refractivity contribution in [2.75, 3.05) is 0 Å². The van der Waals surface area contributed by atoms with Crippen molar-refractivity contribution in [1.29, 1.82) is 0 Å². The summed E-state index contributed by atoms with van der Waals surface area (Å²) in [6.07, 6.45) is 8.54. The van der Waals surface area contributed by atoms with E-state index in [1.807, 2.05) is 12.1 Å². The molecule has 0 amide bonds. The number of halogens is 2. The van der Waals surface area contributed by atoms with Gasteiger partial charge < -0.3 is 35.0 Å². The molecule has 0 aromatic heterocycles. The Labute approximate surface area is 289 Å². The van der Waals surface area contributed by atoms with Gasteiger partial charge in [0, 0.05) is 0 Å². The summed E-state index contributed by atoms with van der Waals surface area (Å²) in [5.74, 6) is 0.0495. The number of rotatable bonds is 1. The van der Waals surface area contributed by atoms with E-state index in [1.54, 1.807) is 12.1 Å². The Kier molecular flexibility index (Phi) is 18.0. The summed E-state index contributed by atoms with van der Waals surface area (Å²) in [6, 6.07) is 7.28. The topological polar surface area (TPSA) is 46.1 Å². The molecule has 7 heteroatoms. The Bertz CT molecular complexity index is 694. The van der Waals surface area contributed by atoms with Crippen molar-refractivity contribution in [3.63, 3.8) is 0 Å². The maximum absolute atomic E-state index is 12.6. The average molecular weight is 482 g/mol. The Morgan fingerprint density at radius 3 is 1.26 bits per heavy atom. The minimum Gasteiger partial charge on any atom is -1.00 e. The molecule has 0 bridgehead atoms. The quantitative estimate of drug-likeness (QED) is 0.380.